The van der Waals surface area contributed by atoms with Crippen LogP contribution in [-0.2, 0) is 16.0 Å². The summed E-state index contributed by atoms with van der Waals surface area (Å²) in [4.78, 5) is 28.0. The van der Waals surface area contributed by atoms with Gasteiger partial charge in [-0.15, -0.1) is 0 Å². The van der Waals surface area contributed by atoms with Gasteiger partial charge in [0.05, 0.1) is 18.1 Å². The molecule has 214 valence electrons. The Balaban J connectivity index is 1.45. The number of carbonyl (C=O) groups excluding carboxylic acids is 2. The molecule has 2 amide bonds. The van der Waals surface area contributed by atoms with Gasteiger partial charge in [-0.1, -0.05) is 24.8 Å². The maximum absolute atomic E-state index is 14.8. The molecule has 0 aliphatic carbocycles. The van der Waals surface area contributed by atoms with Crippen molar-refractivity contribution in [2.45, 2.75) is 58.0 Å². The van der Waals surface area contributed by atoms with Crippen molar-refractivity contribution in [1.82, 2.24) is 9.80 Å². The van der Waals surface area contributed by atoms with Crippen LogP contribution in [0.5, 0.6) is 0 Å². The molecule has 2 N–H and O–H groups in total. The Morgan fingerprint density at radius 2 is 1.95 bits per heavy atom. The van der Waals surface area contributed by atoms with Crippen LogP contribution >= 0.6 is 0 Å². The topological polar surface area (TPSA) is 75.9 Å². The number of hydrogen-bond donors (Lipinski definition) is 1. The van der Waals surface area contributed by atoms with Gasteiger partial charge in [0.2, 0.25) is 5.91 Å². The van der Waals surface area contributed by atoms with E-state index >= 15 is 0 Å². The molecule has 1 atom stereocenters. The number of halogens is 2. The highest BCUT2D eigenvalue weighted by Gasteiger charge is 2.29. The molecule has 0 aromatic heterocycles. The van der Waals surface area contributed by atoms with Crippen LogP contribution < -0.4 is 5.73 Å². The van der Waals surface area contributed by atoms with Crippen LogP contribution in [0.2, 0.25) is 0 Å². The highest BCUT2D eigenvalue weighted by molar-refractivity contribution is 5.95. The number of aryl methyl sites for hydroxylation is 1. The van der Waals surface area contributed by atoms with E-state index in [0.717, 1.165) is 37.3 Å². The number of rotatable bonds is 12. The number of benzene rings is 1. The average molecular weight is 544 g/mol. The summed E-state index contributed by atoms with van der Waals surface area (Å²) in [5, 5.41) is 0. The third kappa shape index (κ3) is 9.92. The number of ether oxygens (including phenoxy) is 1. The van der Waals surface area contributed by atoms with E-state index in [1.165, 1.54) is 17.0 Å². The fourth-order valence-electron chi connectivity index (χ4n) is 5.23. The number of likely N-dealkylation sites (tertiary alicyclic amines) is 2. The highest BCUT2D eigenvalue weighted by Crippen LogP contribution is 2.23. The summed E-state index contributed by atoms with van der Waals surface area (Å²) in [5.74, 6) is -0.611. The van der Waals surface area contributed by atoms with E-state index in [1.807, 2.05) is 18.2 Å². The molecule has 3 rings (SSSR count). The number of piperidine rings is 2. The Morgan fingerprint density at radius 1 is 1.21 bits per heavy atom. The molecule has 0 radical (unpaired) electrons. The van der Waals surface area contributed by atoms with Crippen LogP contribution in [0.4, 0.5) is 8.78 Å². The Hall–Kier alpha value is -3.00. The van der Waals surface area contributed by atoms with Gasteiger partial charge in [0.25, 0.3) is 5.91 Å². The van der Waals surface area contributed by atoms with Crippen molar-refractivity contribution >= 4 is 11.8 Å². The average Bonchev–Trinajstić information content (AvgIpc) is 2.89. The predicted octanol–water partition coefficient (Wildman–Crippen LogP) is 5.20. The van der Waals surface area contributed by atoms with Gasteiger partial charge in [-0.05, 0) is 101 Å². The molecule has 0 spiro atoms. The molecule has 1 aromatic rings. The minimum absolute atomic E-state index is 0.0169. The normalized spacial score (nSPS) is 19.8. The van der Waals surface area contributed by atoms with Crippen LogP contribution in [-0.4, -0.2) is 66.6 Å². The van der Waals surface area contributed by atoms with Crippen molar-refractivity contribution in [1.29, 1.82) is 0 Å². The first-order valence-electron chi connectivity index (χ1n) is 14.0. The van der Waals surface area contributed by atoms with Crippen molar-refractivity contribution in [3.8, 4) is 0 Å². The predicted molar refractivity (Wildman–Crippen MR) is 150 cm³/mol. The molecule has 0 bridgehead atoms. The van der Waals surface area contributed by atoms with Gasteiger partial charge in [-0.2, -0.15) is 0 Å². The largest absolute Gasteiger partial charge is 0.493 e. The molecule has 2 heterocycles. The van der Waals surface area contributed by atoms with E-state index in [4.69, 9.17) is 10.5 Å². The second-order valence-corrected chi connectivity index (χ2v) is 11.3. The van der Waals surface area contributed by atoms with Gasteiger partial charge in [0.15, 0.2) is 0 Å². The van der Waals surface area contributed by atoms with Gasteiger partial charge in [0, 0.05) is 19.6 Å². The highest BCUT2D eigenvalue weighted by atomic mass is 19.1. The molecular weight excluding hydrogens is 500 g/mol. The minimum Gasteiger partial charge on any atom is -0.493 e. The molecule has 1 unspecified atom stereocenters. The van der Waals surface area contributed by atoms with Crippen LogP contribution in [0, 0.1) is 17.7 Å². The second kappa shape index (κ2) is 14.4. The zero-order valence-electron chi connectivity index (χ0n) is 23.3. The molecule has 8 heteroatoms. The zero-order valence-corrected chi connectivity index (χ0v) is 23.3. The number of carbonyl (C=O) groups is 2. The summed E-state index contributed by atoms with van der Waals surface area (Å²) in [6.45, 7) is 10.6. The molecule has 2 fully saturated rings. The molecule has 2 aliphatic heterocycles. The number of nitrogens with zero attached hydrogens (tertiary/aromatic N) is 2. The summed E-state index contributed by atoms with van der Waals surface area (Å²) in [7, 11) is 0. The summed E-state index contributed by atoms with van der Waals surface area (Å²) in [6.07, 6.45) is 12.0. The lowest BCUT2D eigenvalue weighted by Gasteiger charge is -2.34. The van der Waals surface area contributed by atoms with Crippen molar-refractivity contribution in [3.05, 3.63) is 71.8 Å². The third-order valence-corrected chi connectivity index (χ3v) is 7.33. The van der Waals surface area contributed by atoms with E-state index < -0.39 is 23.3 Å². The quantitative estimate of drug-likeness (QED) is 0.291. The van der Waals surface area contributed by atoms with Crippen LogP contribution in [0.15, 0.2) is 54.8 Å². The SMILES string of the molecule is C=CC=C(C=CCCc1ccc(C(=O)N2CCCC(C(N)=O)C2)c(F)c1)OCC1CCN(CC(C)(C)F)CC1. The molecular formula is C31H43F2N3O3. The summed E-state index contributed by atoms with van der Waals surface area (Å²) < 4.78 is 34.7. The summed E-state index contributed by atoms with van der Waals surface area (Å²) in [5.41, 5.74) is 5.03. The van der Waals surface area contributed by atoms with Crippen LogP contribution in [0.1, 0.15) is 61.9 Å². The number of alkyl halides is 1. The van der Waals surface area contributed by atoms with E-state index in [-0.39, 0.29) is 18.0 Å². The maximum atomic E-state index is 14.8. The lowest BCUT2D eigenvalue weighted by Crippen LogP contribution is -2.44. The lowest BCUT2D eigenvalue weighted by atomic mass is 9.96. The number of amides is 2. The van der Waals surface area contributed by atoms with Crippen LogP contribution in [0.3, 0.4) is 0 Å². The fourth-order valence-corrected chi connectivity index (χ4v) is 5.23. The van der Waals surface area contributed by atoms with Crippen molar-refractivity contribution < 1.29 is 23.1 Å². The Bertz CT molecular complexity index is 1060. The van der Waals surface area contributed by atoms with Gasteiger partial charge in [0.1, 0.15) is 17.2 Å². The number of primary amides is 1. The van der Waals surface area contributed by atoms with Crippen molar-refractivity contribution in [2.75, 3.05) is 39.3 Å². The molecule has 39 heavy (non-hydrogen) atoms. The van der Waals surface area contributed by atoms with Crippen LogP contribution in [0.25, 0.3) is 0 Å². The minimum atomic E-state index is -1.18. The molecule has 1 aromatic carbocycles. The monoisotopic (exact) mass is 543 g/mol. The summed E-state index contributed by atoms with van der Waals surface area (Å²) >= 11 is 0. The van der Waals surface area contributed by atoms with Gasteiger partial charge >= 0.3 is 0 Å². The molecule has 2 aliphatic rings. The second-order valence-electron chi connectivity index (χ2n) is 11.3. The zero-order chi connectivity index (χ0) is 28.4. The maximum Gasteiger partial charge on any atom is 0.256 e. The number of allylic oxidation sites excluding steroid dienone is 4. The van der Waals surface area contributed by atoms with Gasteiger partial charge in [-0.25, -0.2) is 8.78 Å². The first-order valence-corrected chi connectivity index (χ1v) is 14.0. The van der Waals surface area contributed by atoms with Gasteiger partial charge in [-0.3, -0.25) is 9.59 Å². The number of nitrogens with two attached hydrogens (primary N) is 1. The van der Waals surface area contributed by atoms with E-state index in [0.29, 0.717) is 51.3 Å². The van der Waals surface area contributed by atoms with E-state index in [1.54, 1.807) is 26.0 Å². The third-order valence-electron chi connectivity index (χ3n) is 7.33. The van der Waals surface area contributed by atoms with Crippen molar-refractivity contribution in [2.24, 2.45) is 17.6 Å². The van der Waals surface area contributed by atoms with Crippen molar-refractivity contribution in [3.63, 3.8) is 0 Å². The molecule has 6 nitrogen and oxygen atoms in total. The first kappa shape index (κ1) is 30.5. The molecule has 2 saturated heterocycles. The van der Waals surface area contributed by atoms with E-state index in [9.17, 15) is 18.4 Å². The number of hydrogen-bond acceptors (Lipinski definition) is 4. The smallest absolute Gasteiger partial charge is 0.256 e. The fraction of sp³-hybridized carbons (Fsp3) is 0.548. The Labute approximate surface area is 231 Å². The summed E-state index contributed by atoms with van der Waals surface area (Å²) in [6, 6.07) is 4.70. The Morgan fingerprint density at radius 3 is 2.59 bits per heavy atom. The first-order chi connectivity index (χ1) is 18.6. The lowest BCUT2D eigenvalue weighted by molar-refractivity contribution is -0.123. The molecule has 0 saturated carbocycles. The Kier molecular flexibility index (Phi) is 11.3. The standard InChI is InChI=1S/C31H43F2N3O3/c1-4-8-26(39-21-24-14-17-35(18-15-24)22-31(2,3)33)11-6-5-9-23-12-13-27(28(32)19-23)30(38)36-16-7-10-25(20-36)29(34)37/h4,6,8,11-13,19,24-25H,1,5,7,9-10,14-18,20-22H2,2-3H3,(H2,34,37). The van der Waals surface area contributed by atoms with E-state index in [2.05, 4.69) is 11.5 Å². The van der Waals surface area contributed by atoms with Gasteiger partial charge < -0.3 is 20.3 Å².